The van der Waals surface area contributed by atoms with Crippen LogP contribution >= 0.6 is 8.53 Å². The van der Waals surface area contributed by atoms with Crippen LogP contribution in [0.5, 0.6) is 0 Å². The molecule has 4 saturated heterocycles. The Morgan fingerprint density at radius 3 is 2.88 bits per heavy atom. The number of nitrogens with one attached hydrogen (secondary N) is 1. The van der Waals surface area contributed by atoms with Crippen LogP contribution in [0.3, 0.4) is 0 Å². The molecule has 4 aliphatic rings. The second-order valence-electron chi connectivity index (χ2n) is 9.25. The minimum Gasteiger partial charge on any atom is -0.368 e. The van der Waals surface area contributed by atoms with Gasteiger partial charge >= 0.3 is 5.69 Å². The van der Waals surface area contributed by atoms with E-state index in [9.17, 15) is 9.59 Å². The molecule has 5 heterocycles. The number of rotatable bonds is 5. The van der Waals surface area contributed by atoms with E-state index in [4.69, 9.17) is 18.5 Å². The molecule has 1 aromatic carbocycles. The number of fused-ring (bicyclic) bond motifs is 3. The average molecular weight is 473 g/mol. The maximum Gasteiger partial charge on any atom is 0.330 e. The number of aryl methyl sites for hydroxylation is 1. The first-order valence-corrected chi connectivity index (χ1v) is 12.7. The number of benzene rings is 1. The van der Waals surface area contributed by atoms with Crippen LogP contribution in [0.25, 0.3) is 0 Å². The Kier molecular flexibility index (Phi) is 5.32. The SMILES string of the molecule is CC[C@@]12COC([C@H](n3cc(C)c(=O)[nH]c3=O)O1)[C@H]2O[P@]1O[C@@H](c2ccccc2)[C@H]2CCCN21. The Labute approximate surface area is 192 Å². The van der Waals surface area contributed by atoms with Crippen LogP contribution in [0.15, 0.2) is 46.1 Å². The lowest BCUT2D eigenvalue weighted by atomic mass is 9.96. The molecule has 176 valence electrons. The Bertz CT molecular complexity index is 1150. The van der Waals surface area contributed by atoms with E-state index in [0.717, 1.165) is 19.4 Å². The summed E-state index contributed by atoms with van der Waals surface area (Å²) in [6.07, 6.45) is 2.91. The molecule has 0 amide bonds. The van der Waals surface area contributed by atoms with E-state index in [1.165, 1.54) is 16.3 Å². The number of aromatic amines is 1. The summed E-state index contributed by atoms with van der Waals surface area (Å²) in [6, 6.07) is 10.6. The molecule has 10 heteroatoms. The second-order valence-corrected chi connectivity index (χ2v) is 10.7. The Hall–Kier alpha value is -1.87. The van der Waals surface area contributed by atoms with E-state index in [0.29, 0.717) is 24.6 Å². The summed E-state index contributed by atoms with van der Waals surface area (Å²) in [5.74, 6) is 0. The third-order valence-corrected chi connectivity index (χ3v) is 9.09. The van der Waals surface area contributed by atoms with Crippen LogP contribution in [-0.4, -0.2) is 51.2 Å². The molecule has 1 aromatic heterocycles. The van der Waals surface area contributed by atoms with Gasteiger partial charge in [-0.15, -0.1) is 0 Å². The standard InChI is InChI=1S/C23H28N3O6P/c1-3-23-13-29-18(21(30-23)25-12-14(2)20(27)24-22(25)28)19(23)32-33-26-11-7-10-16(26)17(31-33)15-8-5-4-6-9-15/h4-6,8-9,12,16-19,21H,3,7,10-11,13H2,1-2H3,(H,24,27,28)/t16-,17+,18?,19-,21-,23+,33+/m1/s1. The lowest BCUT2D eigenvalue weighted by Crippen LogP contribution is -2.42. The molecular weight excluding hydrogens is 445 g/mol. The fourth-order valence-corrected chi connectivity index (χ4v) is 7.54. The topological polar surface area (TPSA) is 95.0 Å². The van der Waals surface area contributed by atoms with E-state index in [-0.39, 0.29) is 12.2 Å². The molecule has 1 unspecified atom stereocenters. The molecule has 0 spiro atoms. The molecule has 33 heavy (non-hydrogen) atoms. The van der Waals surface area contributed by atoms with Gasteiger partial charge in [0.15, 0.2) is 6.23 Å². The summed E-state index contributed by atoms with van der Waals surface area (Å²) >= 11 is 0. The summed E-state index contributed by atoms with van der Waals surface area (Å²) in [7, 11) is -1.29. The normalized spacial score (nSPS) is 37.6. The quantitative estimate of drug-likeness (QED) is 0.668. The van der Waals surface area contributed by atoms with Crippen molar-refractivity contribution in [3.63, 3.8) is 0 Å². The first kappa shape index (κ1) is 21.6. The highest BCUT2D eigenvalue weighted by molar-refractivity contribution is 7.45. The van der Waals surface area contributed by atoms with Gasteiger partial charge in [-0.25, -0.2) is 9.46 Å². The number of ether oxygens (including phenoxy) is 2. The van der Waals surface area contributed by atoms with Gasteiger partial charge < -0.3 is 18.5 Å². The van der Waals surface area contributed by atoms with Crippen LogP contribution in [0.2, 0.25) is 0 Å². The molecule has 4 aliphatic heterocycles. The molecule has 2 bridgehead atoms. The second kappa shape index (κ2) is 8.12. The van der Waals surface area contributed by atoms with E-state index in [1.54, 1.807) is 6.92 Å². The molecule has 0 radical (unpaired) electrons. The number of H-pyrrole nitrogens is 1. The zero-order valence-corrected chi connectivity index (χ0v) is 19.6. The van der Waals surface area contributed by atoms with Gasteiger partial charge in [0.05, 0.1) is 6.61 Å². The van der Waals surface area contributed by atoms with Crippen molar-refractivity contribution in [2.75, 3.05) is 13.2 Å². The van der Waals surface area contributed by atoms with Crippen LogP contribution in [0.1, 0.15) is 49.6 Å². The van der Waals surface area contributed by atoms with E-state index >= 15 is 0 Å². The number of hydrogen-bond acceptors (Lipinski definition) is 7. The zero-order valence-electron chi connectivity index (χ0n) is 18.7. The van der Waals surface area contributed by atoms with Gasteiger partial charge in [-0.05, 0) is 31.7 Å². The first-order valence-electron chi connectivity index (χ1n) is 11.6. The third-order valence-electron chi connectivity index (χ3n) is 7.36. The fourth-order valence-electron chi connectivity index (χ4n) is 5.50. The van der Waals surface area contributed by atoms with E-state index in [1.807, 2.05) is 25.1 Å². The van der Waals surface area contributed by atoms with Gasteiger partial charge in [0.1, 0.15) is 23.9 Å². The van der Waals surface area contributed by atoms with Crippen molar-refractivity contribution in [3.05, 3.63) is 68.5 Å². The molecule has 0 aliphatic carbocycles. The number of aromatic nitrogens is 2. The summed E-state index contributed by atoms with van der Waals surface area (Å²) in [5.41, 5.74) is 0.0442. The van der Waals surface area contributed by atoms with Crippen LogP contribution in [0, 0.1) is 6.92 Å². The van der Waals surface area contributed by atoms with Gasteiger partial charge in [0.25, 0.3) is 14.1 Å². The Morgan fingerprint density at radius 2 is 2.09 bits per heavy atom. The van der Waals surface area contributed by atoms with Gasteiger partial charge in [0, 0.05) is 24.3 Å². The number of hydrogen-bond donors (Lipinski definition) is 1. The van der Waals surface area contributed by atoms with Crippen molar-refractivity contribution < 1.29 is 18.5 Å². The number of nitrogens with zero attached hydrogens (tertiary/aromatic N) is 2. The van der Waals surface area contributed by atoms with Crippen molar-refractivity contribution in [1.29, 1.82) is 0 Å². The Morgan fingerprint density at radius 1 is 1.27 bits per heavy atom. The van der Waals surface area contributed by atoms with Crippen LogP contribution < -0.4 is 11.2 Å². The lowest BCUT2D eigenvalue weighted by molar-refractivity contribution is -0.175. The average Bonchev–Trinajstić information content (AvgIpc) is 3.58. The van der Waals surface area contributed by atoms with Gasteiger partial charge in [-0.2, -0.15) is 0 Å². The van der Waals surface area contributed by atoms with Crippen LogP contribution in [0.4, 0.5) is 0 Å². The van der Waals surface area contributed by atoms with E-state index < -0.39 is 37.7 Å². The maximum absolute atomic E-state index is 12.6. The minimum atomic E-state index is -1.29. The maximum atomic E-state index is 12.6. The molecule has 6 rings (SSSR count). The minimum absolute atomic E-state index is 0.0152. The zero-order chi connectivity index (χ0) is 22.7. The molecule has 0 saturated carbocycles. The molecule has 7 atom stereocenters. The molecule has 4 fully saturated rings. The first-order chi connectivity index (χ1) is 16.0. The predicted octanol–water partition coefficient (Wildman–Crippen LogP) is 2.77. The summed E-state index contributed by atoms with van der Waals surface area (Å²) in [6.45, 7) is 5.06. The van der Waals surface area contributed by atoms with Crippen LogP contribution in [-0.2, 0) is 18.5 Å². The molecular formula is C23H28N3O6P. The van der Waals surface area contributed by atoms with Crippen molar-refractivity contribution in [3.8, 4) is 0 Å². The highest BCUT2D eigenvalue weighted by Gasteiger charge is 2.64. The third kappa shape index (κ3) is 3.37. The van der Waals surface area contributed by atoms with Crippen molar-refractivity contribution in [1.82, 2.24) is 14.2 Å². The smallest absolute Gasteiger partial charge is 0.330 e. The molecule has 1 N–H and O–H groups in total. The molecule has 2 aromatic rings. The predicted molar refractivity (Wildman–Crippen MR) is 121 cm³/mol. The summed E-state index contributed by atoms with van der Waals surface area (Å²) < 4.78 is 29.6. The van der Waals surface area contributed by atoms with E-state index in [2.05, 4.69) is 21.8 Å². The van der Waals surface area contributed by atoms with Gasteiger partial charge in [-0.3, -0.25) is 14.3 Å². The lowest BCUT2D eigenvalue weighted by Gasteiger charge is -2.31. The fraction of sp³-hybridized carbons (Fsp3) is 0.565. The van der Waals surface area contributed by atoms with Crippen molar-refractivity contribution >= 4 is 8.53 Å². The summed E-state index contributed by atoms with van der Waals surface area (Å²) in [4.78, 5) is 26.8. The highest BCUT2D eigenvalue weighted by Crippen LogP contribution is 2.63. The largest absolute Gasteiger partial charge is 0.368 e. The Balaban J connectivity index is 1.29. The molecule has 9 nitrogen and oxygen atoms in total. The summed E-state index contributed by atoms with van der Waals surface area (Å²) in [5, 5.41) is 0. The van der Waals surface area contributed by atoms with Crippen molar-refractivity contribution in [2.45, 2.75) is 69.3 Å². The highest BCUT2D eigenvalue weighted by atomic mass is 31.2. The van der Waals surface area contributed by atoms with Crippen molar-refractivity contribution in [2.24, 2.45) is 0 Å². The van der Waals surface area contributed by atoms with Gasteiger partial charge in [0.2, 0.25) is 0 Å². The monoisotopic (exact) mass is 473 g/mol. The van der Waals surface area contributed by atoms with Gasteiger partial charge in [-0.1, -0.05) is 37.3 Å².